The first kappa shape index (κ1) is 10.8. The first-order valence-electron chi connectivity index (χ1n) is 4.96. The molecule has 0 atom stereocenters. The number of aryl methyl sites for hydroxylation is 1. The van der Waals surface area contributed by atoms with Crippen LogP contribution >= 0.6 is 0 Å². The Labute approximate surface area is 84.9 Å². The molecule has 0 unspecified atom stereocenters. The van der Waals surface area contributed by atoms with Gasteiger partial charge in [0, 0.05) is 0 Å². The van der Waals surface area contributed by atoms with Gasteiger partial charge in [0.05, 0.1) is 12.2 Å². The third kappa shape index (κ3) is 2.87. The lowest BCUT2D eigenvalue weighted by Gasteiger charge is -2.08. The number of ether oxygens (including phenoxy) is 1. The molecule has 0 aromatic heterocycles. The van der Waals surface area contributed by atoms with Gasteiger partial charge in [0.1, 0.15) is 5.75 Å². The number of aldehydes is 1. The van der Waals surface area contributed by atoms with Crippen molar-refractivity contribution >= 4 is 6.29 Å². The van der Waals surface area contributed by atoms with Crippen LogP contribution in [0.15, 0.2) is 18.2 Å². The lowest BCUT2D eigenvalue weighted by Crippen LogP contribution is -1.99. The molecule has 0 N–H and O–H groups in total. The molecule has 0 saturated carbocycles. The third-order valence-corrected chi connectivity index (χ3v) is 2.05. The van der Waals surface area contributed by atoms with E-state index in [1.54, 1.807) is 6.07 Å². The molecule has 0 fully saturated rings. The lowest BCUT2D eigenvalue weighted by molar-refractivity contribution is 0.111. The van der Waals surface area contributed by atoms with Gasteiger partial charge in [-0.25, -0.2) is 0 Å². The Bertz CT molecular complexity index is 305. The highest BCUT2D eigenvalue weighted by Crippen LogP contribution is 2.18. The SMILES string of the molecule is CCCCOc1cc(C)ccc1C=O. The standard InChI is InChI=1S/C12H16O2/c1-3-4-7-14-12-8-10(2)5-6-11(12)9-13/h5-6,8-9H,3-4,7H2,1-2H3. The van der Waals surface area contributed by atoms with Crippen LogP contribution in [0.1, 0.15) is 35.7 Å². The third-order valence-electron chi connectivity index (χ3n) is 2.05. The summed E-state index contributed by atoms with van der Waals surface area (Å²) in [6.07, 6.45) is 2.95. The van der Waals surface area contributed by atoms with Crippen LogP contribution < -0.4 is 4.74 Å². The summed E-state index contributed by atoms with van der Waals surface area (Å²) in [5.41, 5.74) is 1.74. The largest absolute Gasteiger partial charge is 0.493 e. The van der Waals surface area contributed by atoms with Gasteiger partial charge in [-0.2, -0.15) is 0 Å². The van der Waals surface area contributed by atoms with Gasteiger partial charge in [-0.3, -0.25) is 4.79 Å². The molecule has 1 aromatic carbocycles. The van der Waals surface area contributed by atoms with Gasteiger partial charge < -0.3 is 4.74 Å². The van der Waals surface area contributed by atoms with E-state index in [1.807, 2.05) is 19.1 Å². The summed E-state index contributed by atoms with van der Waals surface area (Å²) in [6.45, 7) is 4.78. The molecule has 76 valence electrons. The molecule has 0 saturated heterocycles. The van der Waals surface area contributed by atoms with Crippen molar-refractivity contribution in [2.45, 2.75) is 26.7 Å². The predicted octanol–water partition coefficient (Wildman–Crippen LogP) is 2.99. The zero-order valence-corrected chi connectivity index (χ0v) is 8.75. The fourth-order valence-electron chi connectivity index (χ4n) is 1.19. The number of unbranched alkanes of at least 4 members (excludes halogenated alkanes) is 1. The molecule has 2 heteroatoms. The Hall–Kier alpha value is -1.31. The Morgan fingerprint density at radius 1 is 1.43 bits per heavy atom. The second-order valence-electron chi connectivity index (χ2n) is 3.36. The van der Waals surface area contributed by atoms with Crippen LogP contribution in [0.25, 0.3) is 0 Å². The molecule has 14 heavy (non-hydrogen) atoms. The molecule has 1 rings (SSSR count). The molecule has 0 bridgehead atoms. The molecule has 0 aliphatic carbocycles. The van der Waals surface area contributed by atoms with Crippen molar-refractivity contribution in [3.8, 4) is 5.75 Å². The quantitative estimate of drug-likeness (QED) is 0.529. The summed E-state index contributed by atoms with van der Waals surface area (Å²) in [6, 6.07) is 5.61. The minimum Gasteiger partial charge on any atom is -0.493 e. The second-order valence-corrected chi connectivity index (χ2v) is 3.36. The van der Waals surface area contributed by atoms with Gasteiger partial charge in [0.2, 0.25) is 0 Å². The van der Waals surface area contributed by atoms with E-state index in [4.69, 9.17) is 4.74 Å². The summed E-state index contributed by atoms with van der Waals surface area (Å²) in [5.74, 6) is 0.702. The van der Waals surface area contributed by atoms with E-state index < -0.39 is 0 Å². The number of benzene rings is 1. The van der Waals surface area contributed by atoms with Crippen molar-refractivity contribution in [3.05, 3.63) is 29.3 Å². The van der Waals surface area contributed by atoms with E-state index in [0.717, 1.165) is 24.7 Å². The van der Waals surface area contributed by atoms with Crippen LogP contribution in [-0.2, 0) is 0 Å². The van der Waals surface area contributed by atoms with Crippen molar-refractivity contribution in [3.63, 3.8) is 0 Å². The number of carbonyl (C=O) groups excluding carboxylic acids is 1. The number of rotatable bonds is 5. The molecule has 0 radical (unpaired) electrons. The van der Waals surface area contributed by atoms with E-state index in [1.165, 1.54) is 0 Å². The molecule has 0 aliphatic rings. The fourth-order valence-corrected chi connectivity index (χ4v) is 1.19. The van der Waals surface area contributed by atoms with Gasteiger partial charge in [-0.05, 0) is 31.0 Å². The van der Waals surface area contributed by atoms with Crippen LogP contribution in [0.4, 0.5) is 0 Å². The summed E-state index contributed by atoms with van der Waals surface area (Å²) in [4.78, 5) is 10.7. The van der Waals surface area contributed by atoms with E-state index in [-0.39, 0.29) is 0 Å². The fraction of sp³-hybridized carbons (Fsp3) is 0.417. The van der Waals surface area contributed by atoms with Crippen LogP contribution in [0.5, 0.6) is 5.75 Å². The van der Waals surface area contributed by atoms with Gasteiger partial charge in [0.25, 0.3) is 0 Å². The van der Waals surface area contributed by atoms with Crippen molar-refractivity contribution in [2.75, 3.05) is 6.61 Å². The monoisotopic (exact) mass is 192 g/mol. The van der Waals surface area contributed by atoms with Crippen LogP contribution in [0.2, 0.25) is 0 Å². The Morgan fingerprint density at radius 3 is 2.86 bits per heavy atom. The molecule has 0 aliphatic heterocycles. The van der Waals surface area contributed by atoms with Gasteiger partial charge in [-0.15, -0.1) is 0 Å². The number of hydrogen-bond donors (Lipinski definition) is 0. The number of carbonyl (C=O) groups is 1. The lowest BCUT2D eigenvalue weighted by atomic mass is 10.1. The zero-order chi connectivity index (χ0) is 10.4. The minimum absolute atomic E-state index is 0.631. The zero-order valence-electron chi connectivity index (χ0n) is 8.75. The van der Waals surface area contributed by atoms with Crippen molar-refractivity contribution in [1.82, 2.24) is 0 Å². The summed E-state index contributed by atoms with van der Waals surface area (Å²) in [7, 11) is 0. The molecule has 0 heterocycles. The Kier molecular flexibility index (Phi) is 4.17. The average Bonchev–Trinajstić information content (AvgIpc) is 2.19. The van der Waals surface area contributed by atoms with Crippen molar-refractivity contribution in [2.24, 2.45) is 0 Å². The minimum atomic E-state index is 0.631. The van der Waals surface area contributed by atoms with Gasteiger partial charge in [0.15, 0.2) is 6.29 Å². The first-order valence-corrected chi connectivity index (χ1v) is 4.96. The smallest absolute Gasteiger partial charge is 0.153 e. The first-order chi connectivity index (χ1) is 6.77. The maximum atomic E-state index is 10.7. The Morgan fingerprint density at radius 2 is 2.21 bits per heavy atom. The van der Waals surface area contributed by atoms with E-state index in [0.29, 0.717) is 17.9 Å². The van der Waals surface area contributed by atoms with Gasteiger partial charge >= 0.3 is 0 Å². The topological polar surface area (TPSA) is 26.3 Å². The van der Waals surface area contributed by atoms with E-state index in [2.05, 4.69) is 6.92 Å². The molecule has 1 aromatic rings. The highest BCUT2D eigenvalue weighted by atomic mass is 16.5. The highest BCUT2D eigenvalue weighted by Gasteiger charge is 2.02. The summed E-state index contributed by atoms with van der Waals surface area (Å²) in [5, 5.41) is 0. The molecule has 0 amide bonds. The molecule has 0 spiro atoms. The van der Waals surface area contributed by atoms with Crippen molar-refractivity contribution in [1.29, 1.82) is 0 Å². The van der Waals surface area contributed by atoms with Crippen LogP contribution in [-0.4, -0.2) is 12.9 Å². The molecular formula is C12H16O2. The maximum Gasteiger partial charge on any atom is 0.153 e. The van der Waals surface area contributed by atoms with Crippen LogP contribution in [0.3, 0.4) is 0 Å². The van der Waals surface area contributed by atoms with E-state index in [9.17, 15) is 4.79 Å². The van der Waals surface area contributed by atoms with Gasteiger partial charge in [-0.1, -0.05) is 19.4 Å². The predicted molar refractivity (Wildman–Crippen MR) is 57.0 cm³/mol. The van der Waals surface area contributed by atoms with E-state index >= 15 is 0 Å². The van der Waals surface area contributed by atoms with Crippen molar-refractivity contribution < 1.29 is 9.53 Å². The molecule has 2 nitrogen and oxygen atoms in total. The Balaban J connectivity index is 2.72. The summed E-state index contributed by atoms with van der Waals surface area (Å²) < 4.78 is 5.52. The second kappa shape index (κ2) is 5.43. The molecular weight excluding hydrogens is 176 g/mol. The maximum absolute atomic E-state index is 10.7. The average molecular weight is 192 g/mol. The summed E-state index contributed by atoms with van der Waals surface area (Å²) >= 11 is 0. The normalized spacial score (nSPS) is 9.86. The van der Waals surface area contributed by atoms with Crippen LogP contribution in [0, 0.1) is 6.92 Å². The highest BCUT2D eigenvalue weighted by molar-refractivity contribution is 5.79. The number of hydrogen-bond acceptors (Lipinski definition) is 2.